The van der Waals surface area contributed by atoms with E-state index in [4.69, 9.17) is 9.47 Å². The summed E-state index contributed by atoms with van der Waals surface area (Å²) < 4.78 is 10.6. The summed E-state index contributed by atoms with van der Waals surface area (Å²) in [6.45, 7) is 2.88. The van der Waals surface area contributed by atoms with E-state index in [1.54, 1.807) is 14.2 Å². The first-order valence-electron chi connectivity index (χ1n) is 9.01. The van der Waals surface area contributed by atoms with Gasteiger partial charge in [0, 0.05) is 24.3 Å². The van der Waals surface area contributed by atoms with Crippen molar-refractivity contribution in [2.75, 3.05) is 31.4 Å². The highest BCUT2D eigenvalue weighted by Gasteiger charge is 2.05. The SMILES string of the molecule is CCCCC(=O)Nc1ccc(NCCc2ccc(OC)c(OC)c2)cc1. The zero-order valence-corrected chi connectivity index (χ0v) is 15.8. The molecule has 2 N–H and O–H groups in total. The zero-order chi connectivity index (χ0) is 18.8. The molecule has 0 spiro atoms. The van der Waals surface area contributed by atoms with Gasteiger partial charge in [-0.05, 0) is 54.8 Å². The number of carbonyl (C=O) groups is 1. The molecule has 0 unspecified atom stereocenters. The summed E-state index contributed by atoms with van der Waals surface area (Å²) in [6.07, 6.45) is 3.38. The second-order valence-corrected chi connectivity index (χ2v) is 6.10. The molecule has 0 saturated carbocycles. The van der Waals surface area contributed by atoms with E-state index in [0.29, 0.717) is 6.42 Å². The standard InChI is InChI=1S/C21H28N2O3/c1-4-5-6-21(24)23-18-10-8-17(9-11-18)22-14-13-16-7-12-19(25-2)20(15-16)26-3/h7-12,15,22H,4-6,13-14H2,1-3H3,(H,23,24). The number of carbonyl (C=O) groups excluding carboxylic acids is 1. The van der Waals surface area contributed by atoms with E-state index in [1.165, 1.54) is 5.56 Å². The van der Waals surface area contributed by atoms with Gasteiger partial charge in [-0.25, -0.2) is 0 Å². The molecule has 0 aromatic heterocycles. The summed E-state index contributed by atoms with van der Waals surface area (Å²) >= 11 is 0. The molecule has 2 rings (SSSR count). The summed E-state index contributed by atoms with van der Waals surface area (Å²) in [5, 5.41) is 6.31. The highest BCUT2D eigenvalue weighted by molar-refractivity contribution is 5.90. The number of anilines is 2. The Morgan fingerprint density at radius 1 is 0.962 bits per heavy atom. The highest BCUT2D eigenvalue weighted by Crippen LogP contribution is 2.27. The van der Waals surface area contributed by atoms with Gasteiger partial charge in [-0.1, -0.05) is 19.4 Å². The average molecular weight is 356 g/mol. The number of rotatable bonds is 10. The first-order chi connectivity index (χ1) is 12.7. The van der Waals surface area contributed by atoms with Gasteiger partial charge >= 0.3 is 0 Å². The van der Waals surface area contributed by atoms with Crippen molar-refractivity contribution in [1.29, 1.82) is 0 Å². The summed E-state index contributed by atoms with van der Waals surface area (Å²) in [4.78, 5) is 11.7. The van der Waals surface area contributed by atoms with Crippen LogP contribution in [0.3, 0.4) is 0 Å². The Balaban J connectivity index is 1.82. The maximum Gasteiger partial charge on any atom is 0.224 e. The summed E-state index contributed by atoms with van der Waals surface area (Å²) in [5.41, 5.74) is 3.03. The van der Waals surface area contributed by atoms with Crippen LogP contribution in [0.1, 0.15) is 31.7 Å². The largest absolute Gasteiger partial charge is 0.493 e. The molecule has 1 amide bonds. The minimum absolute atomic E-state index is 0.0704. The van der Waals surface area contributed by atoms with Crippen LogP contribution in [0, 0.1) is 0 Å². The number of hydrogen-bond donors (Lipinski definition) is 2. The minimum atomic E-state index is 0.0704. The van der Waals surface area contributed by atoms with E-state index in [9.17, 15) is 4.79 Å². The first-order valence-corrected chi connectivity index (χ1v) is 9.01. The average Bonchev–Trinajstić information content (AvgIpc) is 2.67. The molecule has 26 heavy (non-hydrogen) atoms. The first kappa shape index (κ1) is 19.6. The molecule has 5 nitrogen and oxygen atoms in total. The lowest BCUT2D eigenvalue weighted by Crippen LogP contribution is -2.11. The van der Waals surface area contributed by atoms with Gasteiger partial charge in [0.05, 0.1) is 14.2 Å². The molecular weight excluding hydrogens is 328 g/mol. The normalized spacial score (nSPS) is 10.3. The van der Waals surface area contributed by atoms with Crippen molar-refractivity contribution in [3.05, 3.63) is 48.0 Å². The van der Waals surface area contributed by atoms with Gasteiger partial charge in [0.15, 0.2) is 11.5 Å². The van der Waals surface area contributed by atoms with Gasteiger partial charge in [0.2, 0.25) is 5.91 Å². The Bertz CT molecular complexity index is 699. The molecule has 5 heteroatoms. The topological polar surface area (TPSA) is 59.6 Å². The van der Waals surface area contributed by atoms with Gasteiger partial charge < -0.3 is 20.1 Å². The Morgan fingerprint density at radius 3 is 2.31 bits per heavy atom. The van der Waals surface area contributed by atoms with Gasteiger partial charge in [-0.3, -0.25) is 4.79 Å². The maximum atomic E-state index is 11.7. The fourth-order valence-electron chi connectivity index (χ4n) is 2.62. The highest BCUT2D eigenvalue weighted by atomic mass is 16.5. The molecule has 0 fully saturated rings. The molecule has 0 bridgehead atoms. The number of ether oxygens (including phenoxy) is 2. The zero-order valence-electron chi connectivity index (χ0n) is 15.8. The second kappa shape index (κ2) is 10.3. The van der Waals surface area contributed by atoms with E-state index in [0.717, 1.165) is 48.7 Å². The fraction of sp³-hybridized carbons (Fsp3) is 0.381. The van der Waals surface area contributed by atoms with Crippen LogP contribution in [-0.4, -0.2) is 26.7 Å². The lowest BCUT2D eigenvalue weighted by Gasteiger charge is -2.11. The Labute approximate surface area is 155 Å². The molecule has 0 saturated heterocycles. The number of unbranched alkanes of at least 4 members (excludes halogenated alkanes) is 1. The van der Waals surface area contributed by atoms with Crippen LogP contribution >= 0.6 is 0 Å². The number of nitrogens with one attached hydrogen (secondary N) is 2. The van der Waals surface area contributed by atoms with Crippen molar-refractivity contribution in [3.8, 4) is 11.5 Å². The van der Waals surface area contributed by atoms with Crippen molar-refractivity contribution < 1.29 is 14.3 Å². The maximum absolute atomic E-state index is 11.7. The van der Waals surface area contributed by atoms with Gasteiger partial charge in [-0.15, -0.1) is 0 Å². The molecular formula is C21H28N2O3. The third-order valence-electron chi connectivity index (χ3n) is 4.12. The minimum Gasteiger partial charge on any atom is -0.493 e. The van der Waals surface area contributed by atoms with Crippen molar-refractivity contribution in [3.63, 3.8) is 0 Å². The van der Waals surface area contributed by atoms with Gasteiger partial charge in [0.25, 0.3) is 0 Å². The van der Waals surface area contributed by atoms with Gasteiger partial charge in [-0.2, -0.15) is 0 Å². The lowest BCUT2D eigenvalue weighted by atomic mass is 10.1. The Hall–Kier alpha value is -2.69. The predicted molar refractivity (Wildman–Crippen MR) is 106 cm³/mol. The summed E-state index contributed by atoms with van der Waals surface area (Å²) in [6, 6.07) is 13.7. The Morgan fingerprint density at radius 2 is 1.65 bits per heavy atom. The third-order valence-corrected chi connectivity index (χ3v) is 4.12. The quantitative estimate of drug-likeness (QED) is 0.659. The molecule has 0 radical (unpaired) electrons. The Kier molecular flexibility index (Phi) is 7.80. The van der Waals surface area contributed by atoms with E-state index < -0.39 is 0 Å². The van der Waals surface area contributed by atoms with Crippen molar-refractivity contribution in [2.24, 2.45) is 0 Å². The number of amides is 1. The van der Waals surface area contributed by atoms with Crippen LogP contribution in [0.5, 0.6) is 11.5 Å². The molecule has 140 valence electrons. The van der Waals surface area contributed by atoms with E-state index in [1.807, 2.05) is 42.5 Å². The molecule has 0 aliphatic heterocycles. The van der Waals surface area contributed by atoms with Crippen molar-refractivity contribution >= 4 is 17.3 Å². The van der Waals surface area contributed by atoms with Crippen LogP contribution in [0.25, 0.3) is 0 Å². The molecule has 0 aliphatic rings. The monoisotopic (exact) mass is 356 g/mol. The number of benzene rings is 2. The lowest BCUT2D eigenvalue weighted by molar-refractivity contribution is -0.116. The molecule has 2 aromatic carbocycles. The summed E-state index contributed by atoms with van der Waals surface area (Å²) in [7, 11) is 3.28. The summed E-state index contributed by atoms with van der Waals surface area (Å²) in [5.74, 6) is 1.55. The number of methoxy groups -OCH3 is 2. The smallest absolute Gasteiger partial charge is 0.224 e. The predicted octanol–water partition coefficient (Wildman–Crippen LogP) is 4.49. The van der Waals surface area contributed by atoms with Crippen LogP contribution in [0.15, 0.2) is 42.5 Å². The van der Waals surface area contributed by atoms with Gasteiger partial charge in [0.1, 0.15) is 0 Å². The number of hydrogen-bond acceptors (Lipinski definition) is 4. The van der Waals surface area contributed by atoms with Crippen molar-refractivity contribution in [1.82, 2.24) is 0 Å². The molecule has 0 heterocycles. The second-order valence-electron chi connectivity index (χ2n) is 6.10. The van der Waals surface area contributed by atoms with Crippen LogP contribution < -0.4 is 20.1 Å². The van der Waals surface area contributed by atoms with E-state index >= 15 is 0 Å². The fourth-order valence-corrected chi connectivity index (χ4v) is 2.62. The molecule has 0 atom stereocenters. The third kappa shape index (κ3) is 5.99. The van der Waals surface area contributed by atoms with Crippen LogP contribution in [0.2, 0.25) is 0 Å². The van der Waals surface area contributed by atoms with Crippen LogP contribution in [0.4, 0.5) is 11.4 Å². The van der Waals surface area contributed by atoms with Crippen LogP contribution in [-0.2, 0) is 11.2 Å². The molecule has 0 aliphatic carbocycles. The van der Waals surface area contributed by atoms with E-state index in [2.05, 4.69) is 17.6 Å². The van der Waals surface area contributed by atoms with E-state index in [-0.39, 0.29) is 5.91 Å². The molecule has 2 aromatic rings. The van der Waals surface area contributed by atoms with Crippen molar-refractivity contribution in [2.45, 2.75) is 32.6 Å².